The summed E-state index contributed by atoms with van der Waals surface area (Å²) in [6.45, 7) is 2.62. The third kappa shape index (κ3) is 3.65. The van der Waals surface area contributed by atoms with Gasteiger partial charge in [-0.3, -0.25) is 24.1 Å². The lowest BCUT2D eigenvalue weighted by molar-refractivity contribution is -0.136. The number of rotatable bonds is 4. The van der Waals surface area contributed by atoms with Crippen LogP contribution in [0.2, 0.25) is 0 Å². The van der Waals surface area contributed by atoms with Gasteiger partial charge in [-0.2, -0.15) is 0 Å². The molecule has 2 saturated heterocycles. The summed E-state index contributed by atoms with van der Waals surface area (Å²) in [5, 5.41) is 10.8. The lowest BCUT2D eigenvalue weighted by Crippen LogP contribution is -2.64. The Labute approximate surface area is 194 Å². The predicted molar refractivity (Wildman–Crippen MR) is 120 cm³/mol. The molecule has 0 bridgehead atoms. The van der Waals surface area contributed by atoms with Gasteiger partial charge in [-0.1, -0.05) is 23.5 Å². The van der Waals surface area contributed by atoms with Gasteiger partial charge in [0.2, 0.25) is 22.9 Å². The van der Waals surface area contributed by atoms with E-state index in [1.165, 1.54) is 16.2 Å². The van der Waals surface area contributed by atoms with Gasteiger partial charge in [0.05, 0.1) is 11.3 Å². The van der Waals surface area contributed by atoms with Crippen molar-refractivity contribution in [2.45, 2.75) is 38.3 Å². The van der Waals surface area contributed by atoms with Gasteiger partial charge < -0.3 is 15.1 Å². The molecule has 11 heteroatoms. The van der Waals surface area contributed by atoms with Gasteiger partial charge in [0.25, 0.3) is 5.91 Å². The number of hydrogen-bond donors (Lipinski definition) is 1. The van der Waals surface area contributed by atoms with Crippen LogP contribution in [-0.2, 0) is 14.4 Å². The van der Waals surface area contributed by atoms with Gasteiger partial charge in [-0.25, -0.2) is 0 Å². The van der Waals surface area contributed by atoms with Gasteiger partial charge in [-0.05, 0) is 38.3 Å². The Balaban J connectivity index is 1.27. The average molecular weight is 469 g/mol. The molecule has 3 aliphatic rings. The lowest BCUT2D eigenvalue weighted by atomic mass is 9.95. The summed E-state index contributed by atoms with van der Waals surface area (Å²) in [5.74, 6) is -0.779. The molecule has 0 aliphatic carbocycles. The molecular weight excluding hydrogens is 444 g/mol. The van der Waals surface area contributed by atoms with Gasteiger partial charge in [-0.15, -0.1) is 10.2 Å². The Bertz CT molecular complexity index is 1110. The highest BCUT2D eigenvalue weighted by atomic mass is 32.1. The minimum absolute atomic E-state index is 0.0443. The molecule has 0 spiro atoms. The van der Waals surface area contributed by atoms with Crippen LogP contribution in [0.5, 0.6) is 0 Å². The second-order valence-corrected chi connectivity index (χ2v) is 9.58. The summed E-state index contributed by atoms with van der Waals surface area (Å²) in [5.41, 5.74) is 1.73. The van der Waals surface area contributed by atoms with Crippen molar-refractivity contribution in [2.24, 2.45) is 5.92 Å². The van der Waals surface area contributed by atoms with Crippen LogP contribution in [0.3, 0.4) is 0 Å². The van der Waals surface area contributed by atoms with Crippen molar-refractivity contribution in [1.82, 2.24) is 20.0 Å². The number of fused-ring (bicyclic) bond motifs is 3. The van der Waals surface area contributed by atoms with Crippen LogP contribution in [0.15, 0.2) is 29.8 Å². The average Bonchev–Trinajstić information content (AvgIpc) is 3.44. The van der Waals surface area contributed by atoms with Crippen LogP contribution in [0.1, 0.15) is 43.0 Å². The number of nitrogens with one attached hydrogen (secondary N) is 1. The fourth-order valence-corrected chi connectivity index (χ4v) is 5.45. The van der Waals surface area contributed by atoms with E-state index in [4.69, 9.17) is 0 Å². The highest BCUT2D eigenvalue weighted by molar-refractivity contribution is 7.13. The second kappa shape index (κ2) is 8.22. The summed E-state index contributed by atoms with van der Waals surface area (Å²) in [6, 6.07) is 7.05. The quantitative estimate of drug-likeness (QED) is 0.730. The summed E-state index contributed by atoms with van der Waals surface area (Å²) < 4.78 is 0. The van der Waals surface area contributed by atoms with Crippen molar-refractivity contribution in [3.63, 3.8) is 0 Å². The van der Waals surface area contributed by atoms with E-state index >= 15 is 0 Å². The van der Waals surface area contributed by atoms with Gasteiger partial charge >= 0.3 is 0 Å². The molecule has 2 aromatic rings. The molecule has 10 nitrogen and oxygen atoms in total. The first-order valence-corrected chi connectivity index (χ1v) is 11.9. The summed E-state index contributed by atoms with van der Waals surface area (Å²) >= 11 is 1.26. The van der Waals surface area contributed by atoms with E-state index in [1.807, 2.05) is 13.0 Å². The first-order valence-electron chi connectivity index (χ1n) is 11.0. The van der Waals surface area contributed by atoms with Crippen LogP contribution >= 0.6 is 11.3 Å². The molecule has 4 heterocycles. The van der Waals surface area contributed by atoms with Crippen molar-refractivity contribution in [3.05, 3.63) is 35.3 Å². The number of hydrogen-bond acceptors (Lipinski definition) is 7. The Morgan fingerprint density at radius 3 is 2.70 bits per heavy atom. The maximum atomic E-state index is 13.3. The van der Waals surface area contributed by atoms with Gasteiger partial charge in [0.1, 0.15) is 17.7 Å². The molecule has 33 heavy (non-hydrogen) atoms. The number of carbonyl (C=O) groups excluding carboxylic acids is 4. The van der Waals surface area contributed by atoms with Crippen molar-refractivity contribution >= 4 is 45.8 Å². The van der Waals surface area contributed by atoms with Crippen molar-refractivity contribution in [1.29, 1.82) is 0 Å². The number of likely N-dealkylation sites (tertiary alicyclic amines) is 1. The predicted octanol–water partition coefficient (Wildman–Crippen LogP) is 1.71. The number of aromatic nitrogens is 2. The van der Waals surface area contributed by atoms with E-state index in [2.05, 4.69) is 15.5 Å². The molecular formula is C22H24N6O4S. The van der Waals surface area contributed by atoms with Crippen molar-refractivity contribution in [3.8, 4) is 0 Å². The summed E-state index contributed by atoms with van der Waals surface area (Å²) in [6.07, 6.45) is 1.88. The maximum Gasteiger partial charge on any atom is 0.258 e. The minimum Gasteiger partial charge on any atom is -0.341 e. The number of piperidine rings is 1. The molecule has 1 atom stereocenters. The van der Waals surface area contributed by atoms with E-state index in [-0.39, 0.29) is 36.1 Å². The zero-order chi connectivity index (χ0) is 23.2. The minimum atomic E-state index is -0.863. The van der Waals surface area contributed by atoms with Crippen LogP contribution in [0.4, 0.5) is 10.8 Å². The standard InChI is InChI=1S/C22H24N6O4S/c1-22-9-6-17(29)28(22)16-5-3-2-4-15(16)20(32)27(22)12-18(30)26-10-7-14(8-11-26)19(31)24-21-25-23-13-33-21/h2-5,13-14H,6-12H2,1H3,(H,24,25,31). The monoisotopic (exact) mass is 468 g/mol. The molecule has 1 N–H and O–H groups in total. The molecule has 5 rings (SSSR count). The molecule has 0 saturated carbocycles. The number of para-hydroxylation sites is 1. The van der Waals surface area contributed by atoms with E-state index in [1.54, 1.807) is 33.5 Å². The van der Waals surface area contributed by atoms with Crippen molar-refractivity contribution < 1.29 is 19.2 Å². The van der Waals surface area contributed by atoms with E-state index in [9.17, 15) is 19.2 Å². The Morgan fingerprint density at radius 1 is 1.21 bits per heavy atom. The SMILES string of the molecule is CC12CCC(=O)N1c1ccccc1C(=O)N2CC(=O)N1CCC(C(=O)Nc2nncs2)CC1. The largest absolute Gasteiger partial charge is 0.341 e. The third-order valence-corrected chi connectivity index (χ3v) is 7.45. The first kappa shape index (κ1) is 21.5. The highest BCUT2D eigenvalue weighted by Gasteiger charge is 2.53. The zero-order valence-corrected chi connectivity index (χ0v) is 19.0. The van der Waals surface area contributed by atoms with Crippen LogP contribution < -0.4 is 10.2 Å². The fraction of sp³-hybridized carbons (Fsp3) is 0.455. The number of benzene rings is 1. The molecule has 3 aliphatic heterocycles. The fourth-order valence-electron chi connectivity index (χ4n) is 5.00. The summed E-state index contributed by atoms with van der Waals surface area (Å²) in [7, 11) is 0. The Kier molecular flexibility index (Phi) is 5.35. The van der Waals surface area contributed by atoms with Crippen LogP contribution in [0, 0.1) is 5.92 Å². The first-order chi connectivity index (χ1) is 15.9. The molecule has 1 aromatic carbocycles. The Hall–Kier alpha value is -3.34. The molecule has 1 unspecified atom stereocenters. The Morgan fingerprint density at radius 2 is 1.97 bits per heavy atom. The lowest BCUT2D eigenvalue weighted by Gasteiger charge is -2.48. The van der Waals surface area contributed by atoms with E-state index in [0.29, 0.717) is 55.2 Å². The number of nitrogens with zero attached hydrogens (tertiary/aromatic N) is 5. The smallest absolute Gasteiger partial charge is 0.258 e. The topological polar surface area (TPSA) is 116 Å². The molecule has 172 valence electrons. The van der Waals surface area contributed by atoms with E-state index < -0.39 is 5.66 Å². The van der Waals surface area contributed by atoms with Crippen LogP contribution in [0.25, 0.3) is 0 Å². The van der Waals surface area contributed by atoms with Crippen molar-refractivity contribution in [2.75, 3.05) is 29.9 Å². The molecule has 4 amide bonds. The number of carbonyl (C=O) groups is 4. The zero-order valence-electron chi connectivity index (χ0n) is 18.2. The highest BCUT2D eigenvalue weighted by Crippen LogP contribution is 2.43. The third-order valence-electron chi connectivity index (χ3n) is 6.85. The van der Waals surface area contributed by atoms with Gasteiger partial charge in [0.15, 0.2) is 0 Å². The number of amides is 4. The number of anilines is 2. The maximum absolute atomic E-state index is 13.3. The second-order valence-electron chi connectivity index (χ2n) is 8.74. The molecule has 2 fully saturated rings. The van der Waals surface area contributed by atoms with Gasteiger partial charge in [0, 0.05) is 25.4 Å². The van der Waals surface area contributed by atoms with E-state index in [0.717, 1.165) is 0 Å². The van der Waals surface area contributed by atoms with Crippen LogP contribution in [-0.4, -0.2) is 68.9 Å². The molecule has 1 aromatic heterocycles. The molecule has 0 radical (unpaired) electrons. The summed E-state index contributed by atoms with van der Waals surface area (Å²) in [4.78, 5) is 56.6. The normalized spacial score (nSPS) is 22.9.